The Kier molecular flexibility index (Phi) is 6.79. The van der Waals surface area contributed by atoms with Gasteiger partial charge in [0.15, 0.2) is 0 Å². The van der Waals surface area contributed by atoms with Crippen LogP contribution in [0.3, 0.4) is 0 Å². The fraction of sp³-hybridized carbons (Fsp3) is 0.562. The Bertz CT molecular complexity index is 520. The van der Waals surface area contributed by atoms with E-state index in [1.165, 1.54) is 0 Å². The second-order valence-electron chi connectivity index (χ2n) is 5.80. The first kappa shape index (κ1) is 18.9. The number of hydrogen-bond donors (Lipinski definition) is 0. The molecule has 0 aliphatic rings. The first-order chi connectivity index (χ1) is 10.2. The molecule has 0 amide bonds. The average molecular weight is 328 g/mol. The molecule has 0 saturated carbocycles. The van der Waals surface area contributed by atoms with E-state index in [-0.39, 0.29) is 12.1 Å². The summed E-state index contributed by atoms with van der Waals surface area (Å²) in [4.78, 5) is 11.9. The lowest BCUT2D eigenvalue weighted by molar-refractivity contribution is 0.00695. The van der Waals surface area contributed by atoms with Gasteiger partial charge in [0, 0.05) is 0 Å². The van der Waals surface area contributed by atoms with Crippen LogP contribution in [0.25, 0.3) is 0 Å². The summed E-state index contributed by atoms with van der Waals surface area (Å²) in [6.07, 6.45) is 0.184. The van der Waals surface area contributed by atoms with Gasteiger partial charge in [-0.25, -0.2) is 4.79 Å². The predicted molar refractivity (Wildman–Crippen MR) is 86.2 cm³/mol. The molecule has 0 radical (unpaired) electrons. The normalized spacial score (nSPS) is 12.2. The van der Waals surface area contributed by atoms with Crippen molar-refractivity contribution in [2.75, 3.05) is 13.2 Å². The minimum Gasteiger partial charge on any atom is -0.456 e. The average Bonchev–Trinajstić information content (AvgIpc) is 2.37. The van der Waals surface area contributed by atoms with E-state index in [0.29, 0.717) is 18.8 Å². The van der Waals surface area contributed by atoms with Crippen molar-refractivity contribution in [3.8, 4) is 0 Å². The van der Waals surface area contributed by atoms with Gasteiger partial charge in [-0.15, -0.1) is 0 Å². The van der Waals surface area contributed by atoms with E-state index in [4.69, 9.17) is 13.8 Å². The highest BCUT2D eigenvalue weighted by Gasteiger charge is 2.24. The molecule has 0 aromatic heterocycles. The molecular weight excluding hydrogens is 303 g/mol. The standard InChI is InChI=1S/C16H25O5P/c1-6-19-22(18,20-7-2)12-13-8-10-14(11-9-13)15(17)21-16(3,4)5/h8-11H,6-7,12H2,1-5H3. The Hall–Kier alpha value is -1.16. The van der Waals surface area contributed by atoms with Crippen LogP contribution in [0.5, 0.6) is 0 Å². The molecule has 0 spiro atoms. The van der Waals surface area contributed by atoms with Gasteiger partial charge in [0.25, 0.3) is 0 Å². The summed E-state index contributed by atoms with van der Waals surface area (Å²) in [5.41, 5.74) is 0.717. The summed E-state index contributed by atoms with van der Waals surface area (Å²) < 4.78 is 28.3. The summed E-state index contributed by atoms with van der Waals surface area (Å²) in [6.45, 7) is 9.66. The fourth-order valence-corrected chi connectivity index (χ4v) is 3.53. The van der Waals surface area contributed by atoms with Crippen molar-refractivity contribution in [1.29, 1.82) is 0 Å². The van der Waals surface area contributed by atoms with Gasteiger partial charge in [-0.1, -0.05) is 12.1 Å². The van der Waals surface area contributed by atoms with E-state index < -0.39 is 13.2 Å². The van der Waals surface area contributed by atoms with Crippen molar-refractivity contribution in [1.82, 2.24) is 0 Å². The summed E-state index contributed by atoms with van der Waals surface area (Å²) in [5, 5.41) is 0. The lowest BCUT2D eigenvalue weighted by Crippen LogP contribution is -2.23. The molecule has 0 unspecified atom stereocenters. The first-order valence-corrected chi connectivity index (χ1v) is 9.12. The third kappa shape index (κ3) is 6.30. The van der Waals surface area contributed by atoms with Gasteiger partial charge in [-0.2, -0.15) is 0 Å². The lowest BCUT2D eigenvalue weighted by atomic mass is 10.1. The highest BCUT2D eigenvalue weighted by molar-refractivity contribution is 7.53. The third-order valence-electron chi connectivity index (χ3n) is 2.62. The number of hydrogen-bond acceptors (Lipinski definition) is 5. The SMILES string of the molecule is CCOP(=O)(Cc1ccc(C(=O)OC(C)(C)C)cc1)OCC. The van der Waals surface area contributed by atoms with Crippen molar-refractivity contribution in [2.24, 2.45) is 0 Å². The Morgan fingerprint density at radius 1 is 1.05 bits per heavy atom. The number of carbonyl (C=O) groups excluding carboxylic acids is 1. The topological polar surface area (TPSA) is 61.8 Å². The first-order valence-electron chi connectivity index (χ1n) is 7.39. The summed E-state index contributed by atoms with van der Waals surface area (Å²) in [5.74, 6) is -0.378. The molecule has 0 aliphatic carbocycles. The number of carbonyl (C=O) groups is 1. The monoisotopic (exact) mass is 328 g/mol. The molecule has 0 N–H and O–H groups in total. The van der Waals surface area contributed by atoms with E-state index in [1.807, 2.05) is 20.8 Å². The highest BCUT2D eigenvalue weighted by atomic mass is 31.2. The van der Waals surface area contributed by atoms with Crippen molar-refractivity contribution >= 4 is 13.6 Å². The highest BCUT2D eigenvalue weighted by Crippen LogP contribution is 2.51. The van der Waals surface area contributed by atoms with Gasteiger partial charge in [0.05, 0.1) is 24.9 Å². The van der Waals surface area contributed by atoms with Crippen LogP contribution >= 0.6 is 7.60 Å². The van der Waals surface area contributed by atoms with Crippen LogP contribution in [-0.4, -0.2) is 24.8 Å². The van der Waals surface area contributed by atoms with Crippen LogP contribution in [0.15, 0.2) is 24.3 Å². The molecule has 0 atom stereocenters. The minimum absolute atomic E-state index is 0.184. The molecule has 1 aromatic carbocycles. The number of benzene rings is 1. The molecule has 0 bridgehead atoms. The predicted octanol–water partition coefficient (Wildman–Crippen LogP) is 4.41. The molecule has 1 aromatic rings. The molecule has 0 saturated heterocycles. The maximum atomic E-state index is 12.5. The summed E-state index contributed by atoms with van der Waals surface area (Å²) in [6, 6.07) is 6.80. The van der Waals surface area contributed by atoms with Crippen LogP contribution in [-0.2, 0) is 24.5 Å². The second-order valence-corrected chi connectivity index (χ2v) is 7.86. The van der Waals surface area contributed by atoms with Gasteiger partial charge in [-0.3, -0.25) is 4.57 Å². The van der Waals surface area contributed by atoms with Crippen LogP contribution in [0.1, 0.15) is 50.5 Å². The van der Waals surface area contributed by atoms with Crippen molar-refractivity contribution < 1.29 is 23.1 Å². The Labute approximate surface area is 132 Å². The molecule has 22 heavy (non-hydrogen) atoms. The maximum absolute atomic E-state index is 12.5. The van der Waals surface area contributed by atoms with Crippen LogP contribution < -0.4 is 0 Å². The number of ether oxygens (including phenoxy) is 1. The van der Waals surface area contributed by atoms with Gasteiger partial charge in [0.1, 0.15) is 5.60 Å². The molecule has 1 rings (SSSR count). The van der Waals surface area contributed by atoms with Gasteiger partial charge in [-0.05, 0) is 52.3 Å². The summed E-state index contributed by atoms with van der Waals surface area (Å²) >= 11 is 0. The molecule has 6 heteroatoms. The Morgan fingerprint density at radius 3 is 1.95 bits per heavy atom. The number of rotatable bonds is 7. The smallest absolute Gasteiger partial charge is 0.338 e. The maximum Gasteiger partial charge on any atom is 0.338 e. The van der Waals surface area contributed by atoms with E-state index in [0.717, 1.165) is 5.56 Å². The minimum atomic E-state index is -3.13. The van der Waals surface area contributed by atoms with Gasteiger partial charge >= 0.3 is 13.6 Å². The van der Waals surface area contributed by atoms with Crippen LogP contribution in [0.4, 0.5) is 0 Å². The Morgan fingerprint density at radius 2 is 1.55 bits per heavy atom. The lowest BCUT2D eigenvalue weighted by Gasteiger charge is -2.20. The van der Waals surface area contributed by atoms with Gasteiger partial charge < -0.3 is 13.8 Å². The molecule has 0 aliphatic heterocycles. The fourth-order valence-electron chi connectivity index (χ4n) is 1.83. The Balaban J connectivity index is 2.80. The molecule has 124 valence electrons. The zero-order chi connectivity index (χ0) is 16.8. The van der Waals surface area contributed by atoms with E-state index in [1.54, 1.807) is 38.1 Å². The van der Waals surface area contributed by atoms with Crippen LogP contribution in [0.2, 0.25) is 0 Å². The third-order valence-corrected chi connectivity index (χ3v) is 4.67. The molecule has 5 nitrogen and oxygen atoms in total. The zero-order valence-corrected chi connectivity index (χ0v) is 14.8. The van der Waals surface area contributed by atoms with E-state index in [9.17, 15) is 9.36 Å². The molecule has 0 fully saturated rings. The zero-order valence-electron chi connectivity index (χ0n) is 13.9. The number of esters is 1. The molecule has 0 heterocycles. The van der Waals surface area contributed by atoms with E-state index in [2.05, 4.69) is 0 Å². The van der Waals surface area contributed by atoms with Crippen molar-refractivity contribution in [3.63, 3.8) is 0 Å². The largest absolute Gasteiger partial charge is 0.456 e. The van der Waals surface area contributed by atoms with Crippen molar-refractivity contribution in [2.45, 2.75) is 46.4 Å². The van der Waals surface area contributed by atoms with E-state index >= 15 is 0 Å². The van der Waals surface area contributed by atoms with Crippen LogP contribution in [0, 0.1) is 0 Å². The summed E-state index contributed by atoms with van der Waals surface area (Å²) in [7, 11) is -3.13. The second kappa shape index (κ2) is 7.91. The van der Waals surface area contributed by atoms with Gasteiger partial charge in [0.2, 0.25) is 0 Å². The van der Waals surface area contributed by atoms with Crippen molar-refractivity contribution in [3.05, 3.63) is 35.4 Å². The quantitative estimate of drug-likeness (QED) is 0.548. The molecular formula is C16H25O5P.